The van der Waals surface area contributed by atoms with Gasteiger partial charge >= 0.3 is 0 Å². The van der Waals surface area contributed by atoms with Gasteiger partial charge < -0.3 is 9.73 Å². The van der Waals surface area contributed by atoms with E-state index >= 15 is 0 Å². The van der Waals surface area contributed by atoms with Crippen LogP contribution in [0.3, 0.4) is 0 Å². The van der Waals surface area contributed by atoms with Crippen LogP contribution in [-0.4, -0.2) is 6.04 Å². The van der Waals surface area contributed by atoms with Gasteiger partial charge in [-0.25, -0.2) is 0 Å². The average Bonchev–Trinajstić information content (AvgIpc) is 2.84. The Hall–Kier alpha value is -0.930. The first kappa shape index (κ1) is 13.5. The number of furan rings is 1. The van der Waals surface area contributed by atoms with E-state index in [-0.39, 0.29) is 0 Å². The fourth-order valence-electron chi connectivity index (χ4n) is 1.76. The Balaban J connectivity index is 1.86. The smallest absolute Gasteiger partial charge is 0.103 e. The molecule has 1 N–H and O–H groups in total. The van der Waals surface area contributed by atoms with Crippen molar-refractivity contribution in [2.24, 2.45) is 0 Å². The molecule has 0 spiro atoms. The van der Waals surface area contributed by atoms with Crippen molar-refractivity contribution in [3.8, 4) is 0 Å². The Morgan fingerprint density at radius 1 is 1.39 bits per heavy atom. The van der Waals surface area contributed by atoms with Crippen LogP contribution in [0.1, 0.15) is 19.1 Å². The zero-order chi connectivity index (χ0) is 13.0. The van der Waals surface area contributed by atoms with Crippen LogP contribution in [0.15, 0.2) is 45.5 Å². The number of hydrogen-bond acceptors (Lipinski definition) is 2. The zero-order valence-electron chi connectivity index (χ0n) is 10.1. The number of benzene rings is 1. The molecule has 0 fully saturated rings. The van der Waals surface area contributed by atoms with Crippen LogP contribution < -0.4 is 5.32 Å². The lowest BCUT2D eigenvalue weighted by molar-refractivity contribution is 0.495. The number of rotatable bonds is 5. The first-order chi connectivity index (χ1) is 8.65. The highest BCUT2D eigenvalue weighted by atomic mass is 79.9. The lowest BCUT2D eigenvalue weighted by Gasteiger charge is -2.15. The number of hydrogen-bond donors (Lipinski definition) is 1. The highest BCUT2D eigenvalue weighted by Crippen LogP contribution is 2.26. The first-order valence-corrected chi connectivity index (χ1v) is 7.06. The molecule has 0 aliphatic rings. The van der Waals surface area contributed by atoms with Crippen LogP contribution in [0.5, 0.6) is 0 Å². The Labute approximate surface area is 120 Å². The zero-order valence-corrected chi connectivity index (χ0v) is 12.5. The normalized spacial score (nSPS) is 12.4. The third-order valence-corrected chi connectivity index (χ3v) is 3.97. The average molecular weight is 329 g/mol. The maximum Gasteiger partial charge on any atom is 0.103 e. The van der Waals surface area contributed by atoms with Crippen LogP contribution >= 0.6 is 27.5 Å². The Kier molecular flexibility index (Phi) is 4.72. The number of nitrogens with one attached hydrogen (secondary N) is 1. The van der Waals surface area contributed by atoms with Gasteiger partial charge in [0.2, 0.25) is 0 Å². The van der Waals surface area contributed by atoms with Gasteiger partial charge in [-0.2, -0.15) is 0 Å². The lowest BCUT2D eigenvalue weighted by atomic mass is 10.1. The summed E-state index contributed by atoms with van der Waals surface area (Å²) in [5.41, 5.74) is 1.04. The number of halogens is 2. The van der Waals surface area contributed by atoms with Gasteiger partial charge in [0.15, 0.2) is 0 Å². The van der Waals surface area contributed by atoms with Gasteiger partial charge in [-0.05, 0) is 59.6 Å². The van der Waals surface area contributed by atoms with E-state index in [9.17, 15) is 0 Å². The summed E-state index contributed by atoms with van der Waals surface area (Å²) in [6, 6.07) is 10.2. The molecule has 1 heterocycles. The van der Waals surface area contributed by atoms with E-state index in [2.05, 4.69) is 28.2 Å². The minimum absolute atomic E-state index is 0.368. The second-order valence-corrected chi connectivity index (χ2v) is 5.55. The molecule has 2 rings (SSSR count). The van der Waals surface area contributed by atoms with Crippen LogP contribution in [0, 0.1) is 0 Å². The van der Waals surface area contributed by atoms with Crippen LogP contribution in [0.2, 0.25) is 5.02 Å². The SMILES string of the molecule is CC(CCc1ccco1)Nc1ccc(Br)c(Cl)c1. The molecule has 1 aromatic carbocycles. The predicted molar refractivity (Wildman–Crippen MR) is 79.3 cm³/mol. The Morgan fingerprint density at radius 3 is 2.89 bits per heavy atom. The van der Waals surface area contributed by atoms with Gasteiger partial charge in [0.05, 0.1) is 11.3 Å². The van der Waals surface area contributed by atoms with E-state index in [1.807, 2.05) is 30.3 Å². The molecule has 96 valence electrons. The third-order valence-electron chi connectivity index (χ3n) is 2.74. The molecule has 1 unspecified atom stereocenters. The van der Waals surface area contributed by atoms with Crippen molar-refractivity contribution < 1.29 is 4.42 Å². The summed E-state index contributed by atoms with van der Waals surface area (Å²) in [5, 5.41) is 4.15. The third kappa shape index (κ3) is 3.79. The monoisotopic (exact) mass is 327 g/mol. The topological polar surface area (TPSA) is 25.2 Å². The van der Waals surface area contributed by atoms with Gasteiger partial charge in [0.25, 0.3) is 0 Å². The summed E-state index contributed by atoms with van der Waals surface area (Å²) in [7, 11) is 0. The molecule has 0 aliphatic carbocycles. The van der Waals surface area contributed by atoms with Gasteiger partial charge in [0.1, 0.15) is 5.76 Å². The van der Waals surface area contributed by atoms with Crippen molar-refractivity contribution in [3.05, 3.63) is 51.9 Å². The van der Waals surface area contributed by atoms with Crippen molar-refractivity contribution in [2.75, 3.05) is 5.32 Å². The summed E-state index contributed by atoms with van der Waals surface area (Å²) < 4.78 is 6.23. The van der Waals surface area contributed by atoms with E-state index in [0.29, 0.717) is 6.04 Å². The minimum Gasteiger partial charge on any atom is -0.469 e. The predicted octanol–water partition coefficient (Wildman–Crippen LogP) is 5.13. The summed E-state index contributed by atoms with van der Waals surface area (Å²) in [5.74, 6) is 1.03. The number of anilines is 1. The Morgan fingerprint density at radius 2 is 2.22 bits per heavy atom. The molecule has 0 bridgehead atoms. The van der Waals surface area contributed by atoms with Crippen LogP contribution in [0.25, 0.3) is 0 Å². The summed E-state index contributed by atoms with van der Waals surface area (Å²) >= 11 is 9.43. The highest BCUT2D eigenvalue weighted by Gasteiger charge is 2.05. The molecule has 0 amide bonds. The lowest BCUT2D eigenvalue weighted by Crippen LogP contribution is -2.15. The van der Waals surface area contributed by atoms with E-state index in [1.165, 1.54) is 0 Å². The molecule has 18 heavy (non-hydrogen) atoms. The van der Waals surface area contributed by atoms with Crippen molar-refractivity contribution in [2.45, 2.75) is 25.8 Å². The molecular formula is C14H15BrClNO. The summed E-state index contributed by atoms with van der Waals surface area (Å²) in [6.45, 7) is 2.15. The second-order valence-electron chi connectivity index (χ2n) is 4.29. The largest absolute Gasteiger partial charge is 0.469 e. The first-order valence-electron chi connectivity index (χ1n) is 5.89. The molecule has 2 aromatic rings. The number of aryl methyl sites for hydroxylation is 1. The summed E-state index contributed by atoms with van der Waals surface area (Å²) in [4.78, 5) is 0. The molecular weight excluding hydrogens is 314 g/mol. The van der Waals surface area contributed by atoms with Gasteiger partial charge in [-0.1, -0.05) is 11.6 Å². The van der Waals surface area contributed by atoms with Gasteiger partial charge in [-0.3, -0.25) is 0 Å². The standard InChI is InChI=1S/C14H15BrClNO/c1-10(4-6-12-3-2-8-18-12)17-11-5-7-13(15)14(16)9-11/h2-3,5,7-10,17H,4,6H2,1H3. The van der Waals surface area contributed by atoms with Crippen LogP contribution in [0.4, 0.5) is 5.69 Å². The van der Waals surface area contributed by atoms with Crippen molar-refractivity contribution >= 4 is 33.2 Å². The van der Waals surface area contributed by atoms with Crippen molar-refractivity contribution in [1.29, 1.82) is 0 Å². The molecule has 0 aliphatic heterocycles. The molecule has 1 atom stereocenters. The Bertz CT molecular complexity index is 499. The van der Waals surface area contributed by atoms with Crippen molar-refractivity contribution in [1.82, 2.24) is 0 Å². The second kappa shape index (κ2) is 6.30. The van der Waals surface area contributed by atoms with Crippen molar-refractivity contribution in [3.63, 3.8) is 0 Å². The fraction of sp³-hybridized carbons (Fsp3) is 0.286. The molecule has 2 nitrogen and oxygen atoms in total. The molecule has 0 saturated carbocycles. The molecule has 0 saturated heterocycles. The maximum absolute atomic E-state index is 6.05. The van der Waals surface area contributed by atoms with Gasteiger partial charge in [-0.15, -0.1) is 0 Å². The highest BCUT2D eigenvalue weighted by molar-refractivity contribution is 9.10. The van der Waals surface area contributed by atoms with E-state index in [0.717, 1.165) is 33.8 Å². The molecule has 0 radical (unpaired) electrons. The quantitative estimate of drug-likeness (QED) is 0.823. The molecule has 4 heteroatoms. The van der Waals surface area contributed by atoms with E-state index in [4.69, 9.17) is 16.0 Å². The van der Waals surface area contributed by atoms with E-state index < -0.39 is 0 Å². The van der Waals surface area contributed by atoms with Crippen LogP contribution in [-0.2, 0) is 6.42 Å². The maximum atomic E-state index is 6.05. The fourth-order valence-corrected chi connectivity index (χ4v) is 2.18. The minimum atomic E-state index is 0.368. The molecule has 1 aromatic heterocycles. The van der Waals surface area contributed by atoms with Gasteiger partial charge in [0, 0.05) is 22.6 Å². The van der Waals surface area contributed by atoms with E-state index in [1.54, 1.807) is 6.26 Å². The summed E-state index contributed by atoms with van der Waals surface area (Å²) in [6.07, 6.45) is 3.66.